The van der Waals surface area contributed by atoms with Crippen LogP contribution in [0.1, 0.15) is 48.5 Å². The Labute approximate surface area is 124 Å². The first-order valence-electron chi connectivity index (χ1n) is 7.47. The van der Waals surface area contributed by atoms with Crippen molar-refractivity contribution in [3.63, 3.8) is 0 Å². The molecule has 110 valence electrons. The summed E-state index contributed by atoms with van der Waals surface area (Å²) in [7, 11) is 0. The minimum absolute atomic E-state index is 0.0653. The lowest BCUT2D eigenvalue weighted by atomic mass is 9.87. The molecule has 21 heavy (non-hydrogen) atoms. The number of nitrogens with one attached hydrogen (secondary N) is 1. The largest absolute Gasteiger partial charge is 0.508 e. The predicted molar refractivity (Wildman–Crippen MR) is 81.7 cm³/mol. The fraction of sp³-hybridized carbons (Fsp3) is 0.333. The van der Waals surface area contributed by atoms with E-state index in [2.05, 4.69) is 5.32 Å². The molecule has 2 aromatic carbocycles. The lowest BCUT2D eigenvalue weighted by molar-refractivity contribution is 0.403. The second-order valence-electron chi connectivity index (χ2n) is 5.74. The Hall–Kier alpha value is -1.87. The molecule has 2 aromatic rings. The van der Waals surface area contributed by atoms with Crippen molar-refractivity contribution in [1.29, 1.82) is 0 Å². The minimum atomic E-state index is -0.176. The molecule has 2 N–H and O–H groups in total. The zero-order valence-electron chi connectivity index (χ0n) is 12.1. The summed E-state index contributed by atoms with van der Waals surface area (Å²) in [4.78, 5) is 0. The molecule has 0 heterocycles. The smallest absolute Gasteiger partial charge is 0.127 e. The van der Waals surface area contributed by atoms with Crippen molar-refractivity contribution in [2.45, 2.75) is 38.3 Å². The van der Waals surface area contributed by atoms with Crippen LogP contribution in [0.4, 0.5) is 4.39 Å². The van der Waals surface area contributed by atoms with Crippen molar-refractivity contribution in [2.24, 2.45) is 0 Å². The Kier molecular flexibility index (Phi) is 3.93. The van der Waals surface area contributed by atoms with Crippen LogP contribution in [0.15, 0.2) is 42.5 Å². The Balaban J connectivity index is 1.83. The van der Waals surface area contributed by atoms with E-state index in [1.165, 1.54) is 11.6 Å². The van der Waals surface area contributed by atoms with Crippen LogP contribution in [0.2, 0.25) is 0 Å². The van der Waals surface area contributed by atoms with E-state index in [9.17, 15) is 9.50 Å². The van der Waals surface area contributed by atoms with Crippen molar-refractivity contribution in [3.8, 4) is 5.75 Å². The highest BCUT2D eigenvalue weighted by Crippen LogP contribution is 2.34. The maximum absolute atomic E-state index is 13.9. The molecule has 0 fully saturated rings. The van der Waals surface area contributed by atoms with Crippen molar-refractivity contribution in [3.05, 3.63) is 65.0 Å². The summed E-state index contributed by atoms with van der Waals surface area (Å²) in [5.74, 6) is 0.116. The molecule has 0 amide bonds. The van der Waals surface area contributed by atoms with E-state index in [1.54, 1.807) is 12.1 Å². The first-order valence-corrected chi connectivity index (χ1v) is 7.47. The molecular weight excluding hydrogens is 265 g/mol. The van der Waals surface area contributed by atoms with Gasteiger partial charge in [0.2, 0.25) is 0 Å². The number of phenols is 1. The number of aryl methyl sites for hydroxylation is 1. The van der Waals surface area contributed by atoms with Gasteiger partial charge in [0.15, 0.2) is 0 Å². The summed E-state index contributed by atoms with van der Waals surface area (Å²) in [6.07, 6.45) is 3.16. The number of halogens is 1. The van der Waals surface area contributed by atoms with Gasteiger partial charge in [-0.25, -0.2) is 4.39 Å². The van der Waals surface area contributed by atoms with Crippen LogP contribution in [0.5, 0.6) is 5.75 Å². The van der Waals surface area contributed by atoms with Crippen molar-refractivity contribution < 1.29 is 9.50 Å². The predicted octanol–water partition coefficient (Wildman–Crippen LogP) is 4.26. The Morgan fingerprint density at radius 2 is 2.05 bits per heavy atom. The first-order chi connectivity index (χ1) is 10.1. The number of fused-ring (bicyclic) bond motifs is 1. The normalized spacial score (nSPS) is 19.0. The summed E-state index contributed by atoms with van der Waals surface area (Å²) < 4.78 is 13.9. The first kappa shape index (κ1) is 14.1. The fourth-order valence-electron chi connectivity index (χ4n) is 3.18. The van der Waals surface area contributed by atoms with Gasteiger partial charge in [0, 0.05) is 17.6 Å². The number of aromatic hydroxyl groups is 1. The maximum atomic E-state index is 13.9. The molecule has 3 heteroatoms. The van der Waals surface area contributed by atoms with Gasteiger partial charge in [-0.3, -0.25) is 0 Å². The number of rotatable bonds is 3. The molecule has 2 unspecified atom stereocenters. The molecule has 0 aromatic heterocycles. The van der Waals surface area contributed by atoms with Crippen LogP contribution in [0.3, 0.4) is 0 Å². The SMILES string of the molecule is CC(NC1CCCc2ccc(O)cc21)c1ccccc1F. The second-order valence-corrected chi connectivity index (χ2v) is 5.74. The summed E-state index contributed by atoms with van der Waals surface area (Å²) >= 11 is 0. The summed E-state index contributed by atoms with van der Waals surface area (Å²) in [6, 6.07) is 12.5. The van der Waals surface area contributed by atoms with E-state index in [-0.39, 0.29) is 17.9 Å². The molecule has 3 rings (SSSR count). The van der Waals surface area contributed by atoms with Gasteiger partial charge in [0.1, 0.15) is 11.6 Å². The summed E-state index contributed by atoms with van der Waals surface area (Å²) in [5, 5.41) is 13.2. The van der Waals surface area contributed by atoms with Gasteiger partial charge in [0.05, 0.1) is 0 Å². The van der Waals surface area contributed by atoms with E-state index >= 15 is 0 Å². The van der Waals surface area contributed by atoms with E-state index in [0.29, 0.717) is 11.3 Å². The van der Waals surface area contributed by atoms with E-state index in [4.69, 9.17) is 0 Å². The number of phenolic OH excluding ortho intramolecular Hbond substituents is 1. The van der Waals surface area contributed by atoms with E-state index < -0.39 is 0 Å². The standard InChI is InChI=1S/C18H20FNO/c1-12(15-6-2-3-7-17(15)19)20-18-8-4-5-13-9-10-14(21)11-16(13)18/h2-3,6-7,9-12,18,20-21H,4-5,8H2,1H3. The van der Waals surface area contributed by atoms with Gasteiger partial charge < -0.3 is 10.4 Å². The van der Waals surface area contributed by atoms with Crippen LogP contribution in [-0.2, 0) is 6.42 Å². The van der Waals surface area contributed by atoms with Crippen molar-refractivity contribution in [2.75, 3.05) is 0 Å². The summed E-state index contributed by atoms with van der Waals surface area (Å²) in [5.41, 5.74) is 3.10. The monoisotopic (exact) mass is 285 g/mol. The topological polar surface area (TPSA) is 32.3 Å². The average Bonchev–Trinajstić information content (AvgIpc) is 2.48. The molecule has 0 spiro atoms. The quantitative estimate of drug-likeness (QED) is 0.883. The van der Waals surface area contributed by atoms with Crippen molar-refractivity contribution in [1.82, 2.24) is 5.32 Å². The fourth-order valence-corrected chi connectivity index (χ4v) is 3.18. The summed E-state index contributed by atoms with van der Waals surface area (Å²) in [6.45, 7) is 1.98. The third-order valence-electron chi connectivity index (χ3n) is 4.27. The number of hydrogen-bond donors (Lipinski definition) is 2. The highest BCUT2D eigenvalue weighted by atomic mass is 19.1. The molecular formula is C18H20FNO. The molecule has 1 aliphatic carbocycles. The number of benzene rings is 2. The van der Waals surface area contributed by atoms with Crippen LogP contribution in [0.25, 0.3) is 0 Å². The van der Waals surface area contributed by atoms with Crippen LogP contribution >= 0.6 is 0 Å². The Morgan fingerprint density at radius 3 is 2.86 bits per heavy atom. The Bertz CT molecular complexity index is 641. The average molecular weight is 285 g/mol. The van der Waals surface area contributed by atoms with Crippen LogP contribution in [-0.4, -0.2) is 5.11 Å². The molecule has 0 bridgehead atoms. The van der Waals surface area contributed by atoms with Crippen LogP contribution in [0, 0.1) is 5.82 Å². The van der Waals surface area contributed by atoms with Crippen molar-refractivity contribution >= 4 is 0 Å². The Morgan fingerprint density at radius 1 is 1.24 bits per heavy atom. The lowest BCUT2D eigenvalue weighted by Gasteiger charge is -2.29. The molecule has 1 aliphatic rings. The van der Waals surface area contributed by atoms with Gasteiger partial charge in [-0.05, 0) is 55.5 Å². The van der Waals surface area contributed by atoms with E-state index in [1.807, 2.05) is 31.2 Å². The zero-order valence-corrected chi connectivity index (χ0v) is 12.1. The van der Waals surface area contributed by atoms with Gasteiger partial charge in [-0.1, -0.05) is 24.3 Å². The molecule has 2 nitrogen and oxygen atoms in total. The van der Waals surface area contributed by atoms with E-state index in [0.717, 1.165) is 24.8 Å². The maximum Gasteiger partial charge on any atom is 0.127 e. The molecule has 2 atom stereocenters. The lowest BCUT2D eigenvalue weighted by Crippen LogP contribution is -2.28. The van der Waals surface area contributed by atoms with Crippen LogP contribution < -0.4 is 5.32 Å². The molecule has 0 saturated heterocycles. The minimum Gasteiger partial charge on any atom is -0.508 e. The van der Waals surface area contributed by atoms with Gasteiger partial charge in [-0.15, -0.1) is 0 Å². The van der Waals surface area contributed by atoms with Gasteiger partial charge in [0.25, 0.3) is 0 Å². The second kappa shape index (κ2) is 5.86. The number of hydrogen-bond acceptors (Lipinski definition) is 2. The third-order valence-corrected chi connectivity index (χ3v) is 4.27. The third kappa shape index (κ3) is 2.93. The molecule has 0 saturated carbocycles. The zero-order chi connectivity index (χ0) is 14.8. The highest BCUT2D eigenvalue weighted by Gasteiger charge is 2.23. The van der Waals surface area contributed by atoms with Gasteiger partial charge in [-0.2, -0.15) is 0 Å². The molecule has 0 aliphatic heterocycles. The highest BCUT2D eigenvalue weighted by molar-refractivity contribution is 5.38. The molecule has 0 radical (unpaired) electrons. The van der Waals surface area contributed by atoms with Gasteiger partial charge >= 0.3 is 0 Å².